The van der Waals surface area contributed by atoms with Crippen LogP contribution in [-0.2, 0) is 4.74 Å². The summed E-state index contributed by atoms with van der Waals surface area (Å²) in [5.41, 5.74) is 0. The maximum atomic E-state index is 8.62. The molecule has 0 rings (SSSR count). The molecule has 3 heteroatoms. The molecule has 0 spiro atoms. The number of alkyl halides is 1. The van der Waals surface area contributed by atoms with Crippen LogP contribution in [0.15, 0.2) is 0 Å². The second-order valence-corrected chi connectivity index (χ2v) is 2.79. The van der Waals surface area contributed by atoms with Crippen molar-refractivity contribution in [1.82, 2.24) is 0 Å². The Hall–Kier alpha value is 0.400. The van der Waals surface area contributed by atoms with Crippen LogP contribution in [0.3, 0.4) is 0 Å². The Morgan fingerprint density at radius 3 is 2.22 bits per heavy atom. The van der Waals surface area contributed by atoms with Crippen molar-refractivity contribution in [3.8, 4) is 0 Å². The number of hydrogen-bond donors (Lipinski definition) is 1. The van der Waals surface area contributed by atoms with Gasteiger partial charge < -0.3 is 9.84 Å². The van der Waals surface area contributed by atoms with Crippen LogP contribution in [0.25, 0.3) is 0 Å². The molecular weight excluding hydrogens is 184 g/mol. The highest BCUT2D eigenvalue weighted by Gasteiger charge is 2.06. The molecule has 9 heavy (non-hydrogen) atoms. The highest BCUT2D eigenvalue weighted by molar-refractivity contribution is 9.09. The lowest BCUT2D eigenvalue weighted by atomic mass is 10.4. The molecule has 56 valence electrons. The average Bonchev–Trinajstić information content (AvgIpc) is 1.82. The maximum absolute atomic E-state index is 8.62. The molecule has 0 aromatic rings. The summed E-state index contributed by atoms with van der Waals surface area (Å²) in [5, 5.41) is 9.32. The molecule has 1 atom stereocenters. The van der Waals surface area contributed by atoms with Crippen LogP contribution in [0.4, 0.5) is 0 Å². The van der Waals surface area contributed by atoms with E-state index in [2.05, 4.69) is 15.9 Å². The molecule has 0 aromatic carbocycles. The van der Waals surface area contributed by atoms with Crippen molar-refractivity contribution in [1.29, 1.82) is 0 Å². The lowest BCUT2D eigenvalue weighted by molar-refractivity contribution is -0.00870. The summed E-state index contributed by atoms with van der Waals surface area (Å²) < 4.78 is 5.25. The van der Waals surface area contributed by atoms with Gasteiger partial charge in [0.15, 0.2) is 0 Å². The van der Waals surface area contributed by atoms with Gasteiger partial charge in [0.25, 0.3) is 0 Å². The molecule has 0 saturated carbocycles. The van der Waals surface area contributed by atoms with E-state index in [0.29, 0.717) is 5.33 Å². The molecule has 0 heterocycles. The molecule has 0 saturated heterocycles. The zero-order valence-corrected chi connectivity index (χ0v) is 7.39. The average molecular weight is 197 g/mol. The van der Waals surface area contributed by atoms with Crippen molar-refractivity contribution < 1.29 is 9.84 Å². The molecule has 1 unspecified atom stereocenters. The van der Waals surface area contributed by atoms with Gasteiger partial charge in [-0.1, -0.05) is 15.9 Å². The smallest absolute Gasteiger partial charge is 0.0905 e. The minimum absolute atomic E-state index is 0.0509. The Morgan fingerprint density at radius 2 is 2.11 bits per heavy atom. The summed E-state index contributed by atoms with van der Waals surface area (Å²) in [6.45, 7) is 3.99. The number of ether oxygens (including phenoxy) is 1. The van der Waals surface area contributed by atoms with Crippen molar-refractivity contribution in [3.63, 3.8) is 0 Å². The van der Waals surface area contributed by atoms with Gasteiger partial charge in [-0.25, -0.2) is 0 Å². The molecule has 0 aliphatic heterocycles. The van der Waals surface area contributed by atoms with Crippen molar-refractivity contribution in [2.75, 3.05) is 11.9 Å². The van der Waals surface area contributed by atoms with E-state index in [9.17, 15) is 0 Å². The third-order valence-electron chi connectivity index (χ3n) is 0.840. The molecule has 0 bridgehead atoms. The van der Waals surface area contributed by atoms with E-state index in [-0.39, 0.29) is 18.8 Å². The zero-order valence-electron chi connectivity index (χ0n) is 5.80. The molecule has 0 radical (unpaired) electrons. The normalized spacial score (nSPS) is 14.3. The Balaban J connectivity index is 3.31. The maximum Gasteiger partial charge on any atom is 0.0905 e. The summed E-state index contributed by atoms with van der Waals surface area (Å²) in [6.07, 6.45) is 0.143. The topological polar surface area (TPSA) is 29.5 Å². The fourth-order valence-corrected chi connectivity index (χ4v) is 0.870. The van der Waals surface area contributed by atoms with Crippen molar-refractivity contribution in [2.45, 2.75) is 26.1 Å². The van der Waals surface area contributed by atoms with Crippen molar-refractivity contribution in [3.05, 3.63) is 0 Å². The van der Waals surface area contributed by atoms with E-state index in [4.69, 9.17) is 9.84 Å². The Bertz CT molecular complexity index is 62.1. The molecule has 0 aromatic heterocycles. The second-order valence-electron chi connectivity index (χ2n) is 2.14. The predicted octanol–water partition coefficient (Wildman–Crippen LogP) is 1.17. The van der Waals surface area contributed by atoms with Gasteiger partial charge in [-0.2, -0.15) is 0 Å². The highest BCUT2D eigenvalue weighted by atomic mass is 79.9. The van der Waals surface area contributed by atoms with Gasteiger partial charge >= 0.3 is 0 Å². The van der Waals surface area contributed by atoms with Gasteiger partial charge in [0.1, 0.15) is 0 Å². The molecule has 0 aliphatic rings. The Morgan fingerprint density at radius 1 is 1.56 bits per heavy atom. The molecule has 2 nitrogen and oxygen atoms in total. The lowest BCUT2D eigenvalue weighted by Gasteiger charge is -2.14. The van der Waals surface area contributed by atoms with E-state index in [0.717, 1.165) is 0 Å². The monoisotopic (exact) mass is 196 g/mol. The predicted molar refractivity (Wildman–Crippen MR) is 40.9 cm³/mol. The van der Waals surface area contributed by atoms with Crippen LogP contribution in [0, 0.1) is 0 Å². The van der Waals surface area contributed by atoms with Gasteiger partial charge in [-0.3, -0.25) is 0 Å². The van der Waals surface area contributed by atoms with Crippen LogP contribution in [-0.4, -0.2) is 29.3 Å². The summed E-state index contributed by atoms with van der Waals surface area (Å²) in [7, 11) is 0. The Labute approximate surface area is 64.3 Å². The number of halogens is 1. The Kier molecular flexibility index (Phi) is 5.44. The van der Waals surface area contributed by atoms with Crippen LogP contribution < -0.4 is 0 Å². The number of rotatable bonds is 4. The van der Waals surface area contributed by atoms with Crippen LogP contribution in [0.2, 0.25) is 0 Å². The summed E-state index contributed by atoms with van der Waals surface area (Å²) in [6, 6.07) is 0. The van der Waals surface area contributed by atoms with E-state index >= 15 is 0 Å². The van der Waals surface area contributed by atoms with Crippen LogP contribution >= 0.6 is 15.9 Å². The first kappa shape index (κ1) is 9.40. The van der Waals surface area contributed by atoms with Gasteiger partial charge in [-0.05, 0) is 13.8 Å². The largest absolute Gasteiger partial charge is 0.394 e. The standard InChI is InChI=1S/C6H13BrO2/c1-5(2)9-6(3-7)4-8/h5-6,8H,3-4H2,1-2H3. The number of hydrogen-bond acceptors (Lipinski definition) is 2. The first-order valence-corrected chi connectivity index (χ1v) is 4.15. The zero-order chi connectivity index (χ0) is 7.28. The van der Waals surface area contributed by atoms with Crippen LogP contribution in [0.5, 0.6) is 0 Å². The van der Waals surface area contributed by atoms with E-state index in [1.807, 2.05) is 13.8 Å². The first-order chi connectivity index (χ1) is 4.20. The van der Waals surface area contributed by atoms with Crippen molar-refractivity contribution in [2.24, 2.45) is 0 Å². The molecular formula is C6H13BrO2. The summed E-state index contributed by atoms with van der Waals surface area (Å²) >= 11 is 3.22. The number of aliphatic hydroxyl groups excluding tert-OH is 1. The van der Waals surface area contributed by atoms with E-state index in [1.54, 1.807) is 0 Å². The first-order valence-electron chi connectivity index (χ1n) is 3.03. The van der Waals surface area contributed by atoms with E-state index < -0.39 is 0 Å². The third kappa shape index (κ3) is 4.88. The molecule has 0 aliphatic carbocycles. The lowest BCUT2D eigenvalue weighted by Crippen LogP contribution is -2.22. The van der Waals surface area contributed by atoms with Gasteiger partial charge in [-0.15, -0.1) is 0 Å². The van der Waals surface area contributed by atoms with Gasteiger partial charge in [0, 0.05) is 5.33 Å². The summed E-state index contributed by atoms with van der Waals surface area (Å²) in [5.74, 6) is 0. The van der Waals surface area contributed by atoms with Crippen molar-refractivity contribution >= 4 is 15.9 Å². The fraction of sp³-hybridized carbons (Fsp3) is 1.00. The minimum Gasteiger partial charge on any atom is -0.394 e. The second kappa shape index (κ2) is 5.21. The number of aliphatic hydroxyl groups is 1. The van der Waals surface area contributed by atoms with Crippen LogP contribution in [0.1, 0.15) is 13.8 Å². The third-order valence-corrected chi connectivity index (χ3v) is 1.56. The highest BCUT2D eigenvalue weighted by Crippen LogP contribution is 1.99. The van der Waals surface area contributed by atoms with E-state index in [1.165, 1.54) is 0 Å². The molecule has 0 amide bonds. The molecule has 1 N–H and O–H groups in total. The molecule has 0 fully saturated rings. The quantitative estimate of drug-likeness (QED) is 0.685. The van der Waals surface area contributed by atoms with Gasteiger partial charge in [0.2, 0.25) is 0 Å². The summed E-state index contributed by atoms with van der Waals surface area (Å²) in [4.78, 5) is 0. The minimum atomic E-state index is -0.0509. The van der Waals surface area contributed by atoms with Gasteiger partial charge in [0.05, 0.1) is 18.8 Å². The fourth-order valence-electron chi connectivity index (χ4n) is 0.513. The SMILES string of the molecule is CC(C)OC(CO)CBr.